The highest BCUT2D eigenvalue weighted by atomic mass is 79.9. The van der Waals surface area contributed by atoms with Crippen LogP contribution < -0.4 is 10.9 Å². The van der Waals surface area contributed by atoms with Crippen molar-refractivity contribution in [1.82, 2.24) is 33.9 Å². The zero-order valence-electron chi connectivity index (χ0n) is 28.0. The lowest BCUT2D eigenvalue weighted by Crippen LogP contribution is -2.23. The maximum Gasteiger partial charge on any atom is 0.316 e. The van der Waals surface area contributed by atoms with Crippen LogP contribution in [0.25, 0.3) is 28.5 Å². The van der Waals surface area contributed by atoms with Crippen molar-refractivity contribution in [3.8, 4) is 28.5 Å². The minimum absolute atomic E-state index is 0.173. The standard InChI is InChI=1S/C37H35BrN8O4S/c1-24-34(36(49)46(43(24)2)27-17-7-4-8-18-27)44-35(28-19-11-12-20-29(28)38)40-41-37(44)51-23-33(48)50-22-32(47)39-31-21-30(25-13-9-10-14-25)42-45(31)26-15-5-3-6-16-26/h3-8,11-12,15-21,25H,9-10,13-14,22-23H2,1-2H3,(H,39,47). The van der Waals surface area contributed by atoms with Gasteiger partial charge in [-0.3, -0.25) is 23.6 Å². The van der Waals surface area contributed by atoms with Gasteiger partial charge in [0, 0.05) is 29.1 Å². The van der Waals surface area contributed by atoms with Crippen molar-refractivity contribution in [2.24, 2.45) is 7.05 Å². The summed E-state index contributed by atoms with van der Waals surface area (Å²) in [4.78, 5) is 40.2. The van der Waals surface area contributed by atoms with Crippen LogP contribution >= 0.6 is 27.7 Å². The normalized spacial score (nSPS) is 13.1. The molecule has 0 bridgehead atoms. The van der Waals surface area contributed by atoms with Crippen LogP contribution in [0.2, 0.25) is 0 Å². The summed E-state index contributed by atoms with van der Waals surface area (Å²) in [5.41, 5.74) is 3.92. The Kier molecular flexibility index (Phi) is 10.0. The summed E-state index contributed by atoms with van der Waals surface area (Å²) in [6, 6.07) is 28.4. The average Bonchev–Trinajstić information content (AvgIpc) is 3.95. The van der Waals surface area contributed by atoms with Gasteiger partial charge in [0.1, 0.15) is 11.5 Å². The third-order valence-electron chi connectivity index (χ3n) is 8.95. The van der Waals surface area contributed by atoms with E-state index in [9.17, 15) is 14.4 Å². The lowest BCUT2D eigenvalue weighted by molar-refractivity contribution is -0.144. The number of benzene rings is 3. The molecule has 3 aromatic carbocycles. The second-order valence-corrected chi connectivity index (χ2v) is 14.0. The first kappa shape index (κ1) is 34.2. The summed E-state index contributed by atoms with van der Waals surface area (Å²) >= 11 is 4.67. The maximum atomic E-state index is 14.1. The molecule has 1 amide bonds. The highest BCUT2D eigenvalue weighted by Gasteiger charge is 2.27. The summed E-state index contributed by atoms with van der Waals surface area (Å²) in [6.45, 7) is 1.37. The Hall–Kier alpha value is -5.21. The molecular formula is C37H35BrN8O4S. The third kappa shape index (κ3) is 7.06. The number of anilines is 1. The molecule has 14 heteroatoms. The summed E-state index contributed by atoms with van der Waals surface area (Å²) in [5.74, 6) is 0.0210. The lowest BCUT2D eigenvalue weighted by atomic mass is 10.0. The topological polar surface area (TPSA) is 131 Å². The van der Waals surface area contributed by atoms with Gasteiger partial charge in [0.15, 0.2) is 17.6 Å². The maximum absolute atomic E-state index is 14.1. The summed E-state index contributed by atoms with van der Waals surface area (Å²) in [7, 11) is 1.81. The van der Waals surface area contributed by atoms with E-state index < -0.39 is 18.5 Å². The summed E-state index contributed by atoms with van der Waals surface area (Å²) in [5, 5.41) is 16.9. The zero-order valence-corrected chi connectivity index (χ0v) is 30.4. The molecule has 0 spiro atoms. The molecular weight excluding hydrogens is 732 g/mol. The van der Waals surface area contributed by atoms with Crippen LogP contribution in [0.4, 0.5) is 5.82 Å². The van der Waals surface area contributed by atoms with Crippen molar-refractivity contribution in [3.05, 3.63) is 117 Å². The zero-order chi connectivity index (χ0) is 35.5. The molecule has 1 fully saturated rings. The van der Waals surface area contributed by atoms with E-state index in [0.717, 1.165) is 58.9 Å². The van der Waals surface area contributed by atoms with Crippen LogP contribution in [0.15, 0.2) is 105 Å². The van der Waals surface area contributed by atoms with Gasteiger partial charge in [0.2, 0.25) is 0 Å². The van der Waals surface area contributed by atoms with Gasteiger partial charge in [-0.15, -0.1) is 10.2 Å². The van der Waals surface area contributed by atoms with Gasteiger partial charge in [-0.05, 0) is 50.1 Å². The highest BCUT2D eigenvalue weighted by molar-refractivity contribution is 9.10. The largest absolute Gasteiger partial charge is 0.455 e. The molecule has 1 aliphatic rings. The Morgan fingerprint density at radius 3 is 2.31 bits per heavy atom. The first-order chi connectivity index (χ1) is 24.8. The molecule has 51 heavy (non-hydrogen) atoms. The van der Waals surface area contributed by atoms with Crippen LogP contribution in [0, 0.1) is 6.92 Å². The number of rotatable bonds is 11. The smallest absolute Gasteiger partial charge is 0.316 e. The van der Waals surface area contributed by atoms with Gasteiger partial charge in [0.05, 0.1) is 28.5 Å². The predicted octanol–water partition coefficient (Wildman–Crippen LogP) is 6.61. The van der Waals surface area contributed by atoms with E-state index in [1.807, 2.05) is 105 Å². The van der Waals surface area contributed by atoms with E-state index in [4.69, 9.17) is 9.84 Å². The van der Waals surface area contributed by atoms with E-state index in [1.165, 1.54) is 0 Å². The summed E-state index contributed by atoms with van der Waals surface area (Å²) in [6.07, 6.45) is 4.46. The minimum atomic E-state index is -0.623. The first-order valence-corrected chi connectivity index (χ1v) is 18.4. The second-order valence-electron chi connectivity index (χ2n) is 12.2. The Balaban J connectivity index is 1.10. The van der Waals surface area contributed by atoms with E-state index in [1.54, 1.807) is 18.6 Å². The molecule has 1 saturated carbocycles. The molecule has 0 aliphatic heterocycles. The molecule has 1 aliphatic carbocycles. The molecule has 3 heterocycles. The van der Waals surface area contributed by atoms with Crippen molar-refractivity contribution in [2.75, 3.05) is 17.7 Å². The van der Waals surface area contributed by atoms with Gasteiger partial charge < -0.3 is 10.1 Å². The number of ether oxygens (including phenoxy) is 1. The number of amides is 1. The van der Waals surface area contributed by atoms with Gasteiger partial charge in [-0.2, -0.15) is 5.10 Å². The van der Waals surface area contributed by atoms with Crippen molar-refractivity contribution in [3.63, 3.8) is 0 Å². The fourth-order valence-corrected chi connectivity index (χ4v) is 7.56. The molecule has 0 radical (unpaired) electrons. The summed E-state index contributed by atoms with van der Waals surface area (Å²) < 4.78 is 12.9. The molecule has 7 rings (SSSR count). The number of hydrogen-bond acceptors (Lipinski definition) is 8. The van der Waals surface area contributed by atoms with Crippen molar-refractivity contribution in [2.45, 2.75) is 43.7 Å². The van der Waals surface area contributed by atoms with Crippen LogP contribution in [0.1, 0.15) is 43.0 Å². The average molecular weight is 768 g/mol. The van der Waals surface area contributed by atoms with Crippen LogP contribution in [-0.2, 0) is 21.4 Å². The predicted molar refractivity (Wildman–Crippen MR) is 199 cm³/mol. The third-order valence-corrected chi connectivity index (χ3v) is 10.5. The molecule has 3 aromatic heterocycles. The Bertz CT molecular complexity index is 2260. The number of carbonyl (C=O) groups excluding carboxylic acids is 2. The molecule has 0 unspecified atom stereocenters. The molecule has 6 aromatic rings. The first-order valence-electron chi connectivity index (χ1n) is 16.6. The minimum Gasteiger partial charge on any atom is -0.455 e. The fraction of sp³-hybridized carbons (Fsp3) is 0.243. The number of carbonyl (C=O) groups is 2. The fourth-order valence-electron chi connectivity index (χ4n) is 6.36. The number of esters is 1. The quantitative estimate of drug-likeness (QED) is 0.115. The number of nitrogens with one attached hydrogen (secondary N) is 1. The van der Waals surface area contributed by atoms with Crippen molar-refractivity contribution >= 4 is 45.4 Å². The SMILES string of the molecule is Cc1c(-n2c(SCC(=O)OCC(=O)Nc3cc(C4CCCC4)nn3-c3ccccc3)nnc2-c2ccccc2Br)c(=O)n(-c2ccccc2)n1C. The Morgan fingerprint density at radius 2 is 1.61 bits per heavy atom. The van der Waals surface area contributed by atoms with Gasteiger partial charge in [0.25, 0.3) is 11.5 Å². The number of halogens is 1. The number of nitrogens with zero attached hydrogens (tertiary/aromatic N) is 7. The van der Waals surface area contributed by atoms with Crippen LogP contribution in [0.5, 0.6) is 0 Å². The number of aromatic nitrogens is 7. The molecule has 1 N–H and O–H groups in total. The van der Waals surface area contributed by atoms with Crippen LogP contribution in [0.3, 0.4) is 0 Å². The molecule has 0 atom stereocenters. The number of hydrogen-bond donors (Lipinski definition) is 1. The van der Waals surface area contributed by atoms with Gasteiger partial charge in [-0.25, -0.2) is 9.36 Å². The molecule has 260 valence electrons. The van der Waals surface area contributed by atoms with Crippen molar-refractivity contribution in [1.29, 1.82) is 0 Å². The molecule has 12 nitrogen and oxygen atoms in total. The Labute approximate surface area is 306 Å². The van der Waals surface area contributed by atoms with E-state index >= 15 is 0 Å². The number of thioether (sulfide) groups is 1. The van der Waals surface area contributed by atoms with Gasteiger partial charge in [-0.1, -0.05) is 95.1 Å². The van der Waals surface area contributed by atoms with E-state index in [-0.39, 0.29) is 11.3 Å². The lowest BCUT2D eigenvalue weighted by Gasteiger charge is -2.11. The second kappa shape index (κ2) is 15.0. The monoisotopic (exact) mass is 766 g/mol. The van der Waals surface area contributed by atoms with Gasteiger partial charge >= 0.3 is 5.97 Å². The molecule has 0 saturated heterocycles. The van der Waals surface area contributed by atoms with Crippen LogP contribution in [-0.4, -0.2) is 58.1 Å². The van der Waals surface area contributed by atoms with E-state index in [2.05, 4.69) is 31.4 Å². The Morgan fingerprint density at radius 1 is 0.941 bits per heavy atom. The van der Waals surface area contributed by atoms with Crippen molar-refractivity contribution < 1.29 is 14.3 Å². The number of para-hydroxylation sites is 2. The highest BCUT2D eigenvalue weighted by Crippen LogP contribution is 2.35. The van der Waals surface area contributed by atoms with E-state index in [0.29, 0.717) is 39.8 Å².